The van der Waals surface area contributed by atoms with Gasteiger partial charge in [-0.3, -0.25) is 4.79 Å². The first-order valence-electron chi connectivity index (χ1n) is 12.8. The van der Waals surface area contributed by atoms with Gasteiger partial charge in [0.2, 0.25) is 5.95 Å². The van der Waals surface area contributed by atoms with Gasteiger partial charge in [0.1, 0.15) is 30.5 Å². The number of hydrogen-bond donors (Lipinski definition) is 2. The Morgan fingerprint density at radius 1 is 0.976 bits per heavy atom. The van der Waals surface area contributed by atoms with Gasteiger partial charge in [-0.05, 0) is 37.1 Å². The minimum atomic E-state index is -0.617. The van der Waals surface area contributed by atoms with Crippen molar-refractivity contribution >= 4 is 29.1 Å². The summed E-state index contributed by atoms with van der Waals surface area (Å²) in [5.74, 6) is 2.03. The molecule has 0 saturated carbocycles. The Balaban J connectivity index is 1.49. The number of aryl methyl sites for hydroxylation is 1. The summed E-state index contributed by atoms with van der Waals surface area (Å²) in [6.07, 6.45) is 1.44. The number of aromatic nitrogens is 3. The van der Waals surface area contributed by atoms with Crippen LogP contribution in [0.3, 0.4) is 0 Å². The van der Waals surface area contributed by atoms with Crippen molar-refractivity contribution in [1.82, 2.24) is 14.8 Å². The second kappa shape index (κ2) is 11.8. The Kier molecular flexibility index (Phi) is 8.02. The number of rotatable bonds is 9. The van der Waals surface area contributed by atoms with Crippen molar-refractivity contribution in [2.24, 2.45) is 0 Å². The molecular formula is C30H30ClN5O5. The van der Waals surface area contributed by atoms with Crippen molar-refractivity contribution in [3.8, 4) is 23.0 Å². The molecule has 2 N–H and O–H groups in total. The lowest BCUT2D eigenvalue weighted by Gasteiger charge is -2.29. The first kappa shape index (κ1) is 27.9. The summed E-state index contributed by atoms with van der Waals surface area (Å²) < 4.78 is 24.2. The van der Waals surface area contributed by atoms with Crippen LogP contribution >= 0.6 is 11.6 Å². The third-order valence-electron chi connectivity index (χ3n) is 6.74. The number of fused-ring (bicyclic) bond motifs is 1. The maximum Gasteiger partial charge on any atom is 0.255 e. The Morgan fingerprint density at radius 2 is 1.76 bits per heavy atom. The van der Waals surface area contributed by atoms with Gasteiger partial charge < -0.3 is 29.6 Å². The van der Waals surface area contributed by atoms with Crippen LogP contribution in [-0.4, -0.2) is 42.0 Å². The zero-order valence-electron chi connectivity index (χ0n) is 23.3. The molecule has 1 aliphatic heterocycles. The van der Waals surface area contributed by atoms with Gasteiger partial charge in [0, 0.05) is 17.8 Å². The van der Waals surface area contributed by atoms with E-state index in [2.05, 4.69) is 26.8 Å². The minimum Gasteiger partial charge on any atom is -0.495 e. The fraction of sp³-hybridized carbons (Fsp3) is 0.233. The molecule has 0 saturated heterocycles. The number of amides is 1. The van der Waals surface area contributed by atoms with Crippen molar-refractivity contribution in [2.45, 2.75) is 26.5 Å². The average Bonchev–Trinajstić information content (AvgIpc) is 3.44. The molecule has 2 heterocycles. The van der Waals surface area contributed by atoms with Crippen molar-refractivity contribution < 1.29 is 23.7 Å². The number of carbonyl (C=O) groups is 1. The number of carbonyl (C=O) groups excluding carboxylic acids is 1. The maximum atomic E-state index is 13.9. The fourth-order valence-electron chi connectivity index (χ4n) is 4.78. The van der Waals surface area contributed by atoms with Crippen molar-refractivity contribution in [3.05, 3.63) is 93.9 Å². The van der Waals surface area contributed by atoms with Crippen LogP contribution in [0.4, 0.5) is 11.6 Å². The molecular weight excluding hydrogens is 546 g/mol. The summed E-state index contributed by atoms with van der Waals surface area (Å²) in [7, 11) is 4.58. The molecule has 1 amide bonds. The normalized spacial score (nSPS) is 14.1. The van der Waals surface area contributed by atoms with Crippen LogP contribution in [0.25, 0.3) is 0 Å². The highest BCUT2D eigenvalue weighted by Gasteiger charge is 2.34. The molecule has 4 aromatic rings. The monoisotopic (exact) mass is 575 g/mol. The number of nitrogens with one attached hydrogen (secondary N) is 2. The quantitative estimate of drug-likeness (QED) is 0.259. The molecule has 1 atom stereocenters. The van der Waals surface area contributed by atoms with E-state index >= 15 is 0 Å². The molecule has 0 radical (unpaired) electrons. The van der Waals surface area contributed by atoms with Gasteiger partial charge in [-0.1, -0.05) is 47.5 Å². The van der Waals surface area contributed by atoms with Gasteiger partial charge in [-0.25, -0.2) is 4.68 Å². The van der Waals surface area contributed by atoms with Gasteiger partial charge in [0.15, 0.2) is 11.5 Å². The van der Waals surface area contributed by atoms with Crippen LogP contribution in [0.2, 0.25) is 5.02 Å². The summed E-state index contributed by atoms with van der Waals surface area (Å²) in [5, 5.41) is 10.9. The largest absolute Gasteiger partial charge is 0.495 e. The van der Waals surface area contributed by atoms with Crippen LogP contribution in [0.1, 0.15) is 29.7 Å². The zero-order chi connectivity index (χ0) is 29.1. The van der Waals surface area contributed by atoms with E-state index in [9.17, 15) is 4.79 Å². The number of anilines is 2. The molecule has 10 nitrogen and oxygen atoms in total. The van der Waals surface area contributed by atoms with E-state index in [1.165, 1.54) is 20.5 Å². The Bertz CT molecular complexity index is 1630. The second-order valence-corrected chi connectivity index (χ2v) is 9.83. The summed E-state index contributed by atoms with van der Waals surface area (Å²) in [6, 6.07) is 16.3. The lowest BCUT2D eigenvalue weighted by Crippen LogP contribution is -2.31. The smallest absolute Gasteiger partial charge is 0.255 e. The fourth-order valence-corrected chi connectivity index (χ4v) is 5.01. The van der Waals surface area contributed by atoms with E-state index in [1.54, 1.807) is 23.9 Å². The molecule has 1 aliphatic rings. The van der Waals surface area contributed by atoms with Crippen LogP contribution in [0.5, 0.6) is 23.0 Å². The highest BCUT2D eigenvalue weighted by molar-refractivity contribution is 6.32. The van der Waals surface area contributed by atoms with E-state index in [1.807, 2.05) is 50.2 Å². The predicted molar refractivity (Wildman–Crippen MR) is 156 cm³/mol. The molecule has 0 aliphatic carbocycles. The number of methoxy groups -OCH3 is 3. The highest BCUT2D eigenvalue weighted by Crippen LogP contribution is 2.41. The van der Waals surface area contributed by atoms with Gasteiger partial charge in [0.05, 0.1) is 37.6 Å². The standard InChI is InChI=1S/C30H30ClN5O5/c1-17-7-6-8-19(11-17)15-41-23-10-9-20(12-26(23)40-5)28-27(18(2)34-30-32-16-33-36(28)30)29(37)35-22-14-24(38-3)21(31)13-25(22)39-4/h6-14,16,28H,15H2,1-5H3,(H,35,37)(H,32,33,34)/t28-/m1/s1. The number of allylic oxidation sites excluding steroid dienone is 1. The number of halogens is 1. The van der Waals surface area contributed by atoms with Crippen LogP contribution < -0.4 is 29.6 Å². The molecule has 3 aromatic carbocycles. The first-order valence-corrected chi connectivity index (χ1v) is 13.2. The molecule has 212 valence electrons. The van der Waals surface area contributed by atoms with Gasteiger partial charge >= 0.3 is 0 Å². The van der Waals surface area contributed by atoms with Crippen molar-refractivity contribution in [3.63, 3.8) is 0 Å². The summed E-state index contributed by atoms with van der Waals surface area (Å²) in [4.78, 5) is 18.2. The Labute approximate surface area is 242 Å². The zero-order valence-corrected chi connectivity index (χ0v) is 24.1. The Morgan fingerprint density at radius 3 is 2.49 bits per heavy atom. The van der Waals surface area contributed by atoms with E-state index in [4.69, 9.17) is 30.5 Å². The predicted octanol–water partition coefficient (Wildman–Crippen LogP) is 5.77. The van der Waals surface area contributed by atoms with E-state index in [0.29, 0.717) is 57.5 Å². The lowest BCUT2D eigenvalue weighted by atomic mass is 9.94. The second-order valence-electron chi connectivity index (χ2n) is 9.42. The number of hydrogen-bond acceptors (Lipinski definition) is 8. The molecule has 0 fully saturated rings. The highest BCUT2D eigenvalue weighted by atomic mass is 35.5. The third kappa shape index (κ3) is 5.64. The van der Waals surface area contributed by atoms with Crippen molar-refractivity contribution in [2.75, 3.05) is 32.0 Å². The lowest BCUT2D eigenvalue weighted by molar-refractivity contribution is -0.113. The van der Waals surface area contributed by atoms with Crippen LogP contribution in [0.15, 0.2) is 72.2 Å². The van der Waals surface area contributed by atoms with Crippen molar-refractivity contribution in [1.29, 1.82) is 0 Å². The number of ether oxygens (including phenoxy) is 4. The van der Waals surface area contributed by atoms with E-state index < -0.39 is 6.04 Å². The molecule has 0 bridgehead atoms. The molecule has 1 aromatic heterocycles. The van der Waals surface area contributed by atoms with E-state index in [-0.39, 0.29) is 5.91 Å². The van der Waals surface area contributed by atoms with Crippen LogP contribution in [0, 0.1) is 6.92 Å². The molecule has 0 unspecified atom stereocenters. The minimum absolute atomic E-state index is 0.360. The summed E-state index contributed by atoms with van der Waals surface area (Å²) >= 11 is 6.26. The number of benzene rings is 3. The number of nitrogens with zero attached hydrogens (tertiary/aromatic N) is 3. The molecule has 11 heteroatoms. The Hall–Kier alpha value is -4.70. The van der Waals surface area contributed by atoms with Gasteiger partial charge in [-0.2, -0.15) is 10.1 Å². The summed E-state index contributed by atoms with van der Waals surface area (Å²) in [5.41, 5.74) is 4.41. The average molecular weight is 576 g/mol. The van der Waals surface area contributed by atoms with E-state index in [0.717, 1.165) is 16.7 Å². The SMILES string of the molecule is COc1cc(NC(=O)C2=C(C)Nc3ncnn3[C@@H]2c2ccc(OCc3cccc(C)c3)c(OC)c2)c(OC)cc1Cl. The topological polar surface area (TPSA) is 109 Å². The molecule has 41 heavy (non-hydrogen) atoms. The van der Waals surface area contributed by atoms with Crippen LogP contribution in [-0.2, 0) is 11.4 Å². The van der Waals surface area contributed by atoms with Gasteiger partial charge in [0.25, 0.3) is 5.91 Å². The molecule has 5 rings (SSSR count). The third-order valence-corrected chi connectivity index (χ3v) is 7.04. The maximum absolute atomic E-state index is 13.9. The molecule has 0 spiro atoms. The van der Waals surface area contributed by atoms with Gasteiger partial charge in [-0.15, -0.1) is 0 Å². The first-order chi connectivity index (χ1) is 19.8. The summed E-state index contributed by atoms with van der Waals surface area (Å²) in [6.45, 7) is 4.24.